The van der Waals surface area contributed by atoms with Gasteiger partial charge in [0.1, 0.15) is 4.83 Å². The lowest BCUT2D eigenvalue weighted by Gasteiger charge is -2.17. The third-order valence-corrected chi connectivity index (χ3v) is 5.04. The molecule has 110 valence electrons. The second-order valence-electron chi connectivity index (χ2n) is 5.09. The third-order valence-electron chi connectivity index (χ3n) is 3.92. The topological polar surface area (TPSA) is 38.1 Å². The summed E-state index contributed by atoms with van der Waals surface area (Å²) < 4.78 is 1.75. The van der Waals surface area contributed by atoms with Gasteiger partial charge in [-0.05, 0) is 45.5 Å². The number of thiophene rings is 1. The molecule has 0 aromatic carbocycles. The Balaban J connectivity index is 2.17. The average Bonchev–Trinajstić information content (AvgIpc) is 2.73. The second-order valence-corrected chi connectivity index (χ2v) is 6.29. The summed E-state index contributed by atoms with van der Waals surface area (Å²) in [6, 6.07) is 0. The van der Waals surface area contributed by atoms with E-state index >= 15 is 0 Å². The van der Waals surface area contributed by atoms with Gasteiger partial charge >= 0.3 is 0 Å². The summed E-state index contributed by atoms with van der Waals surface area (Å²) in [7, 11) is 0. The fourth-order valence-corrected chi connectivity index (χ4v) is 3.42. The molecule has 0 fully saturated rings. The number of rotatable bonds is 6. The number of aryl methyl sites for hydroxylation is 3. The Hall–Kier alpha value is -1.20. The lowest BCUT2D eigenvalue weighted by atomic mass is 10.2. The van der Waals surface area contributed by atoms with E-state index in [1.807, 2.05) is 13.8 Å². The van der Waals surface area contributed by atoms with Gasteiger partial charge in [-0.3, -0.25) is 9.36 Å². The van der Waals surface area contributed by atoms with E-state index in [-0.39, 0.29) is 5.56 Å². The molecule has 0 bridgehead atoms. The van der Waals surface area contributed by atoms with Gasteiger partial charge in [0.05, 0.1) is 11.7 Å². The van der Waals surface area contributed by atoms with Gasteiger partial charge in [0, 0.05) is 11.4 Å². The average molecular weight is 293 g/mol. The van der Waals surface area contributed by atoms with Crippen LogP contribution in [0, 0.1) is 13.8 Å². The molecule has 0 N–H and O–H groups in total. The fourth-order valence-electron chi connectivity index (χ4n) is 2.43. The van der Waals surface area contributed by atoms with Crippen LogP contribution in [0.3, 0.4) is 0 Å². The zero-order chi connectivity index (χ0) is 14.7. The Kier molecular flexibility index (Phi) is 4.94. The maximum Gasteiger partial charge on any atom is 0.262 e. The molecule has 0 aliphatic heterocycles. The Bertz CT molecular complexity index is 640. The fraction of sp³-hybridized carbons (Fsp3) is 0.600. The van der Waals surface area contributed by atoms with Crippen LogP contribution in [0.2, 0.25) is 0 Å². The minimum atomic E-state index is 0.108. The number of nitrogens with zero attached hydrogens (tertiary/aromatic N) is 3. The van der Waals surface area contributed by atoms with E-state index < -0.39 is 0 Å². The van der Waals surface area contributed by atoms with Gasteiger partial charge in [-0.15, -0.1) is 11.3 Å². The number of hydrogen-bond acceptors (Lipinski definition) is 4. The molecule has 0 aliphatic rings. The summed E-state index contributed by atoms with van der Waals surface area (Å²) in [5.74, 6) is 0. The van der Waals surface area contributed by atoms with Gasteiger partial charge in [0.2, 0.25) is 0 Å². The first-order valence-electron chi connectivity index (χ1n) is 7.26. The van der Waals surface area contributed by atoms with Crippen LogP contribution in [0.15, 0.2) is 11.1 Å². The largest absolute Gasteiger partial charge is 0.304 e. The van der Waals surface area contributed by atoms with Gasteiger partial charge < -0.3 is 4.90 Å². The molecule has 0 aliphatic carbocycles. The lowest BCUT2D eigenvalue weighted by Crippen LogP contribution is -2.27. The molecule has 0 saturated carbocycles. The van der Waals surface area contributed by atoms with E-state index in [1.54, 1.807) is 22.2 Å². The standard InChI is InChI=1S/C15H23N3OS/c1-5-17(6-2)8-7-9-18-10-16-14-13(15(18)19)11(3)12(4)20-14/h10H,5-9H2,1-4H3. The first-order chi connectivity index (χ1) is 9.58. The molecular formula is C15H23N3OS. The van der Waals surface area contributed by atoms with Crippen molar-refractivity contribution in [3.05, 3.63) is 27.1 Å². The van der Waals surface area contributed by atoms with Crippen LogP contribution in [0.4, 0.5) is 0 Å². The first-order valence-corrected chi connectivity index (χ1v) is 8.07. The molecule has 0 unspecified atom stereocenters. The van der Waals surface area contributed by atoms with Crippen LogP contribution in [0.5, 0.6) is 0 Å². The molecule has 0 saturated heterocycles. The van der Waals surface area contributed by atoms with E-state index in [4.69, 9.17) is 0 Å². The number of fused-ring (bicyclic) bond motifs is 1. The third kappa shape index (κ3) is 2.94. The van der Waals surface area contributed by atoms with Crippen molar-refractivity contribution >= 4 is 21.6 Å². The minimum absolute atomic E-state index is 0.108. The molecule has 0 radical (unpaired) electrons. The molecule has 0 atom stereocenters. The van der Waals surface area contributed by atoms with Gasteiger partial charge in [-0.2, -0.15) is 0 Å². The summed E-state index contributed by atoms with van der Waals surface area (Å²) in [6.07, 6.45) is 2.68. The van der Waals surface area contributed by atoms with E-state index in [2.05, 4.69) is 23.7 Å². The molecule has 0 spiro atoms. The molecule has 2 aromatic rings. The van der Waals surface area contributed by atoms with Crippen molar-refractivity contribution in [1.82, 2.24) is 14.5 Å². The number of hydrogen-bond donors (Lipinski definition) is 0. The van der Waals surface area contributed by atoms with Crippen molar-refractivity contribution in [2.24, 2.45) is 0 Å². The monoisotopic (exact) mass is 293 g/mol. The Morgan fingerprint density at radius 1 is 1.30 bits per heavy atom. The van der Waals surface area contributed by atoms with Crippen LogP contribution >= 0.6 is 11.3 Å². The van der Waals surface area contributed by atoms with Crippen LogP contribution in [-0.2, 0) is 6.54 Å². The summed E-state index contributed by atoms with van der Waals surface area (Å²) in [4.78, 5) is 21.3. The minimum Gasteiger partial charge on any atom is -0.304 e. The van der Waals surface area contributed by atoms with E-state index in [0.717, 1.165) is 48.4 Å². The van der Waals surface area contributed by atoms with Crippen LogP contribution < -0.4 is 5.56 Å². The molecule has 2 aromatic heterocycles. The van der Waals surface area contributed by atoms with E-state index in [0.29, 0.717) is 0 Å². The molecule has 2 heterocycles. The van der Waals surface area contributed by atoms with Crippen molar-refractivity contribution in [2.75, 3.05) is 19.6 Å². The van der Waals surface area contributed by atoms with Crippen molar-refractivity contribution in [1.29, 1.82) is 0 Å². The van der Waals surface area contributed by atoms with E-state index in [9.17, 15) is 4.79 Å². The van der Waals surface area contributed by atoms with Crippen LogP contribution in [-0.4, -0.2) is 34.1 Å². The highest BCUT2D eigenvalue weighted by atomic mass is 32.1. The maximum atomic E-state index is 12.5. The maximum absolute atomic E-state index is 12.5. The van der Waals surface area contributed by atoms with Crippen molar-refractivity contribution in [3.8, 4) is 0 Å². The van der Waals surface area contributed by atoms with Crippen molar-refractivity contribution in [2.45, 2.75) is 40.7 Å². The molecule has 0 amide bonds. The highest BCUT2D eigenvalue weighted by molar-refractivity contribution is 7.18. The normalized spacial score (nSPS) is 11.7. The van der Waals surface area contributed by atoms with Crippen LogP contribution in [0.1, 0.15) is 30.7 Å². The first kappa shape index (κ1) is 15.2. The molecule has 4 nitrogen and oxygen atoms in total. The molecule has 5 heteroatoms. The molecule has 20 heavy (non-hydrogen) atoms. The predicted molar refractivity (Wildman–Crippen MR) is 85.8 cm³/mol. The lowest BCUT2D eigenvalue weighted by molar-refractivity contribution is 0.292. The second kappa shape index (κ2) is 6.50. The van der Waals surface area contributed by atoms with Crippen molar-refractivity contribution in [3.63, 3.8) is 0 Å². The highest BCUT2D eigenvalue weighted by Gasteiger charge is 2.11. The summed E-state index contributed by atoms with van der Waals surface area (Å²) in [6.45, 7) is 12.3. The Labute approximate surface area is 124 Å². The zero-order valence-corrected chi connectivity index (χ0v) is 13.6. The molecular weight excluding hydrogens is 270 g/mol. The zero-order valence-electron chi connectivity index (χ0n) is 12.8. The smallest absolute Gasteiger partial charge is 0.262 e. The van der Waals surface area contributed by atoms with Crippen molar-refractivity contribution < 1.29 is 0 Å². The van der Waals surface area contributed by atoms with Gasteiger partial charge in [-0.1, -0.05) is 13.8 Å². The van der Waals surface area contributed by atoms with Gasteiger partial charge in [0.25, 0.3) is 5.56 Å². The van der Waals surface area contributed by atoms with Crippen LogP contribution in [0.25, 0.3) is 10.2 Å². The highest BCUT2D eigenvalue weighted by Crippen LogP contribution is 2.25. The SMILES string of the molecule is CCN(CC)CCCn1cnc2sc(C)c(C)c2c1=O. The summed E-state index contributed by atoms with van der Waals surface area (Å²) in [5, 5.41) is 0.804. The quantitative estimate of drug-likeness (QED) is 0.822. The Morgan fingerprint density at radius 3 is 2.65 bits per heavy atom. The van der Waals surface area contributed by atoms with E-state index in [1.165, 1.54) is 4.88 Å². The Morgan fingerprint density at radius 2 is 2.00 bits per heavy atom. The van der Waals surface area contributed by atoms with Gasteiger partial charge in [-0.25, -0.2) is 4.98 Å². The molecule has 2 rings (SSSR count). The summed E-state index contributed by atoms with van der Waals surface area (Å²) >= 11 is 1.60. The predicted octanol–water partition coefficient (Wildman–Crippen LogP) is 2.81. The van der Waals surface area contributed by atoms with Gasteiger partial charge in [0.15, 0.2) is 0 Å². The number of aromatic nitrogens is 2. The summed E-state index contributed by atoms with van der Waals surface area (Å²) in [5.41, 5.74) is 1.19.